The van der Waals surface area contributed by atoms with Crippen LogP contribution in [-0.2, 0) is 0 Å². The summed E-state index contributed by atoms with van der Waals surface area (Å²) in [6.07, 6.45) is 0. The molecule has 0 fully saturated rings. The third-order valence-corrected chi connectivity index (χ3v) is 6.69. The molecule has 4 aromatic carbocycles. The van der Waals surface area contributed by atoms with E-state index in [1.165, 1.54) is 24.3 Å². The molecule has 0 aliphatic heterocycles. The number of rotatable bonds is 4. The maximum atomic E-state index is 15.1. The average molecular weight is 460 g/mol. The van der Waals surface area contributed by atoms with Crippen LogP contribution in [0.4, 0.5) is 17.6 Å². The Labute approximate surface area is 192 Å². The Morgan fingerprint density at radius 2 is 0.636 bits per heavy atom. The van der Waals surface area contributed by atoms with Gasteiger partial charge in [0.05, 0.1) is 0 Å². The van der Waals surface area contributed by atoms with Crippen LogP contribution < -0.4 is 0 Å². The molecule has 1 aromatic heterocycles. The molecular weight excluding hydrogens is 444 g/mol. The second-order valence-electron chi connectivity index (χ2n) is 7.43. The molecule has 162 valence electrons. The molecule has 0 N–H and O–H groups in total. The van der Waals surface area contributed by atoms with Crippen LogP contribution in [0.3, 0.4) is 0 Å². The fourth-order valence-electron chi connectivity index (χ4n) is 3.94. The van der Waals surface area contributed by atoms with Crippen LogP contribution in [0.1, 0.15) is 0 Å². The first-order chi connectivity index (χ1) is 16.1. The van der Waals surface area contributed by atoms with Crippen LogP contribution in [0.15, 0.2) is 97.1 Å². The van der Waals surface area contributed by atoms with Crippen LogP contribution in [0.5, 0.6) is 0 Å². The Morgan fingerprint density at radius 3 is 0.939 bits per heavy atom. The molecule has 0 bridgehead atoms. The molecule has 0 atom stereocenters. The fourth-order valence-corrected chi connectivity index (χ4v) is 5.33. The summed E-state index contributed by atoms with van der Waals surface area (Å²) in [6, 6.07) is 24.4. The monoisotopic (exact) mass is 460 g/mol. The molecule has 0 unspecified atom stereocenters. The predicted octanol–water partition coefficient (Wildman–Crippen LogP) is 8.97. The fraction of sp³-hybridized carbons (Fsp3) is 0. The first-order valence-electron chi connectivity index (χ1n) is 10.2. The molecule has 0 amide bonds. The topological polar surface area (TPSA) is 0 Å². The van der Waals surface area contributed by atoms with E-state index in [1.807, 2.05) is 0 Å². The third-order valence-electron chi connectivity index (χ3n) is 5.43. The van der Waals surface area contributed by atoms with Crippen molar-refractivity contribution >= 4 is 11.3 Å². The maximum absolute atomic E-state index is 15.1. The van der Waals surface area contributed by atoms with E-state index in [0.717, 1.165) is 11.3 Å². The Bertz CT molecular complexity index is 1360. The maximum Gasteiger partial charge on any atom is 0.131 e. The van der Waals surface area contributed by atoms with E-state index >= 15 is 8.78 Å². The summed E-state index contributed by atoms with van der Waals surface area (Å²) in [5.74, 6) is -2.08. The first kappa shape index (κ1) is 21.2. The lowest BCUT2D eigenvalue weighted by Crippen LogP contribution is -1.92. The van der Waals surface area contributed by atoms with Gasteiger partial charge in [0.2, 0.25) is 0 Å². The SMILES string of the molecule is Fc1ccccc1-c1sc(-c2ccccc2F)c(-c2ccccc2F)c1-c1ccccc1F. The van der Waals surface area contributed by atoms with E-state index in [1.54, 1.807) is 72.8 Å². The molecule has 0 saturated heterocycles. The average Bonchev–Trinajstić information content (AvgIpc) is 3.20. The highest BCUT2D eigenvalue weighted by atomic mass is 32.1. The summed E-state index contributed by atoms with van der Waals surface area (Å²) >= 11 is 1.11. The van der Waals surface area contributed by atoms with Gasteiger partial charge in [0.25, 0.3) is 0 Å². The summed E-state index contributed by atoms with van der Waals surface area (Å²) in [5, 5.41) is 0. The summed E-state index contributed by atoms with van der Waals surface area (Å²) in [5.41, 5.74) is 1.50. The molecule has 0 aliphatic carbocycles. The molecule has 5 heteroatoms. The van der Waals surface area contributed by atoms with E-state index in [0.29, 0.717) is 20.9 Å². The quantitative estimate of drug-likeness (QED) is 0.235. The second kappa shape index (κ2) is 8.68. The van der Waals surface area contributed by atoms with Crippen molar-refractivity contribution in [3.8, 4) is 43.1 Å². The predicted molar refractivity (Wildman–Crippen MR) is 126 cm³/mol. The molecular formula is C28H16F4S. The Balaban J connectivity index is 1.98. The van der Waals surface area contributed by atoms with E-state index in [9.17, 15) is 8.78 Å². The Kier molecular flexibility index (Phi) is 5.56. The highest BCUT2D eigenvalue weighted by Crippen LogP contribution is 2.53. The van der Waals surface area contributed by atoms with Crippen molar-refractivity contribution in [2.75, 3.05) is 0 Å². The Morgan fingerprint density at radius 1 is 0.364 bits per heavy atom. The van der Waals surface area contributed by atoms with Gasteiger partial charge >= 0.3 is 0 Å². The second-order valence-corrected chi connectivity index (χ2v) is 8.45. The van der Waals surface area contributed by atoms with Gasteiger partial charge in [0, 0.05) is 43.1 Å². The van der Waals surface area contributed by atoms with Crippen LogP contribution in [-0.4, -0.2) is 0 Å². The van der Waals surface area contributed by atoms with E-state index < -0.39 is 23.3 Å². The molecule has 0 aliphatic rings. The van der Waals surface area contributed by atoms with Gasteiger partial charge in [-0.15, -0.1) is 11.3 Å². The normalized spacial score (nSPS) is 11.0. The van der Waals surface area contributed by atoms with Crippen molar-refractivity contribution in [2.24, 2.45) is 0 Å². The first-order valence-corrected chi connectivity index (χ1v) is 11.0. The van der Waals surface area contributed by atoms with Crippen molar-refractivity contribution in [1.82, 2.24) is 0 Å². The smallest absolute Gasteiger partial charge is 0.131 e. The molecule has 0 radical (unpaired) electrons. The number of hydrogen-bond acceptors (Lipinski definition) is 1. The van der Waals surface area contributed by atoms with E-state index in [4.69, 9.17) is 0 Å². The number of hydrogen-bond donors (Lipinski definition) is 0. The summed E-state index contributed by atoms with van der Waals surface area (Å²) < 4.78 is 60.1. The van der Waals surface area contributed by atoms with Crippen LogP contribution in [0.2, 0.25) is 0 Å². The molecule has 0 saturated carbocycles. The Hall–Kier alpha value is -3.70. The van der Waals surface area contributed by atoms with Crippen molar-refractivity contribution in [1.29, 1.82) is 0 Å². The van der Waals surface area contributed by atoms with E-state index in [-0.39, 0.29) is 22.3 Å². The van der Waals surface area contributed by atoms with Crippen LogP contribution in [0.25, 0.3) is 43.1 Å². The minimum Gasteiger partial charge on any atom is -0.206 e. The van der Waals surface area contributed by atoms with Crippen LogP contribution >= 0.6 is 11.3 Å². The molecule has 5 rings (SSSR count). The highest BCUT2D eigenvalue weighted by Gasteiger charge is 2.28. The van der Waals surface area contributed by atoms with Gasteiger partial charge in [0.1, 0.15) is 23.3 Å². The standard InChI is InChI=1S/C28H16F4S/c29-21-13-5-1-9-17(21)25-26(18-10-2-6-14-22(18)30)28(20-12-4-8-16-24(20)32)33-27(25)19-11-3-7-15-23(19)31/h1-16H. The lowest BCUT2D eigenvalue weighted by Gasteiger charge is -2.12. The van der Waals surface area contributed by atoms with Crippen molar-refractivity contribution < 1.29 is 17.6 Å². The zero-order valence-electron chi connectivity index (χ0n) is 17.2. The minimum absolute atomic E-state index is 0.188. The number of benzene rings is 4. The summed E-state index contributed by atoms with van der Waals surface area (Å²) in [6.45, 7) is 0. The van der Waals surface area contributed by atoms with Gasteiger partial charge < -0.3 is 0 Å². The zero-order chi connectivity index (χ0) is 22.9. The molecule has 5 aromatic rings. The van der Waals surface area contributed by atoms with Gasteiger partial charge in [-0.3, -0.25) is 0 Å². The van der Waals surface area contributed by atoms with Crippen molar-refractivity contribution in [3.05, 3.63) is 120 Å². The molecule has 33 heavy (non-hydrogen) atoms. The number of halogens is 4. The number of thiophene rings is 1. The van der Waals surface area contributed by atoms with E-state index in [2.05, 4.69) is 0 Å². The molecule has 0 spiro atoms. The minimum atomic E-state index is -0.537. The summed E-state index contributed by atoms with van der Waals surface area (Å²) in [7, 11) is 0. The van der Waals surface area contributed by atoms with Crippen LogP contribution in [0, 0.1) is 23.3 Å². The highest BCUT2D eigenvalue weighted by molar-refractivity contribution is 7.20. The molecule has 0 nitrogen and oxygen atoms in total. The van der Waals surface area contributed by atoms with Gasteiger partial charge in [-0.25, -0.2) is 17.6 Å². The lowest BCUT2D eigenvalue weighted by molar-refractivity contribution is 0.628. The van der Waals surface area contributed by atoms with Crippen molar-refractivity contribution in [2.45, 2.75) is 0 Å². The third kappa shape index (κ3) is 3.74. The summed E-state index contributed by atoms with van der Waals surface area (Å²) in [4.78, 5) is 0.796. The van der Waals surface area contributed by atoms with Crippen molar-refractivity contribution in [3.63, 3.8) is 0 Å². The zero-order valence-corrected chi connectivity index (χ0v) is 18.0. The van der Waals surface area contributed by atoms with Gasteiger partial charge in [-0.05, 0) is 24.3 Å². The van der Waals surface area contributed by atoms with Gasteiger partial charge in [-0.1, -0.05) is 72.8 Å². The largest absolute Gasteiger partial charge is 0.206 e. The lowest BCUT2D eigenvalue weighted by atomic mass is 9.91. The van der Waals surface area contributed by atoms with Gasteiger partial charge in [0.15, 0.2) is 0 Å². The van der Waals surface area contributed by atoms with Gasteiger partial charge in [-0.2, -0.15) is 0 Å². The molecule has 1 heterocycles.